The second-order valence-electron chi connectivity index (χ2n) is 6.85. The molecule has 134 valence electrons. The Morgan fingerprint density at radius 3 is 2.42 bits per heavy atom. The van der Waals surface area contributed by atoms with Gasteiger partial charge in [-0.05, 0) is 19.1 Å². The Kier molecular flexibility index (Phi) is 4.73. The van der Waals surface area contributed by atoms with Crippen molar-refractivity contribution < 1.29 is 4.79 Å². The molecule has 0 atom stereocenters. The molecule has 1 aromatic carbocycles. The molecule has 0 saturated heterocycles. The summed E-state index contributed by atoms with van der Waals surface area (Å²) in [5, 5.41) is 7.50. The van der Waals surface area contributed by atoms with Gasteiger partial charge in [-0.1, -0.05) is 44.5 Å². The van der Waals surface area contributed by atoms with Crippen LogP contribution < -0.4 is 5.32 Å². The van der Waals surface area contributed by atoms with E-state index in [0.29, 0.717) is 28.0 Å². The molecule has 8 heteroatoms. The molecule has 2 heterocycles. The molecule has 0 fully saturated rings. The van der Waals surface area contributed by atoms with E-state index in [9.17, 15) is 4.79 Å². The van der Waals surface area contributed by atoms with Crippen molar-refractivity contribution in [1.82, 2.24) is 24.7 Å². The molecule has 0 unspecified atom stereocenters. The SMILES string of the molecule is Cc1nc(C(=O)Nc2cnc(C(C)(C)C)nc2)nn1-c1ccccc1Cl. The van der Waals surface area contributed by atoms with Crippen molar-refractivity contribution in [3.05, 3.63) is 59.2 Å². The van der Waals surface area contributed by atoms with Crippen LogP contribution in [-0.4, -0.2) is 30.6 Å². The highest BCUT2D eigenvalue weighted by atomic mass is 35.5. The molecule has 2 aromatic heterocycles. The zero-order valence-corrected chi connectivity index (χ0v) is 15.7. The third-order valence-corrected chi connectivity index (χ3v) is 3.95. The Bertz CT molecular complexity index is 943. The number of aryl methyl sites for hydroxylation is 1. The van der Waals surface area contributed by atoms with Gasteiger partial charge < -0.3 is 5.32 Å². The molecule has 0 radical (unpaired) electrons. The van der Waals surface area contributed by atoms with E-state index >= 15 is 0 Å². The largest absolute Gasteiger partial charge is 0.317 e. The highest BCUT2D eigenvalue weighted by molar-refractivity contribution is 6.32. The smallest absolute Gasteiger partial charge is 0.295 e. The lowest BCUT2D eigenvalue weighted by molar-refractivity contribution is 0.101. The average molecular weight is 371 g/mol. The number of carbonyl (C=O) groups is 1. The van der Waals surface area contributed by atoms with E-state index in [1.54, 1.807) is 25.4 Å². The summed E-state index contributed by atoms with van der Waals surface area (Å²) in [6, 6.07) is 7.24. The van der Waals surface area contributed by atoms with Crippen LogP contribution in [0.4, 0.5) is 5.69 Å². The molecule has 3 aromatic rings. The predicted octanol–water partition coefficient (Wildman–Crippen LogP) is 3.57. The first-order valence-corrected chi connectivity index (χ1v) is 8.46. The van der Waals surface area contributed by atoms with Crippen molar-refractivity contribution in [3.63, 3.8) is 0 Å². The van der Waals surface area contributed by atoms with Gasteiger partial charge in [-0.2, -0.15) is 0 Å². The van der Waals surface area contributed by atoms with Gasteiger partial charge in [-0.3, -0.25) is 4.79 Å². The van der Waals surface area contributed by atoms with Crippen LogP contribution in [0.1, 0.15) is 43.0 Å². The summed E-state index contributed by atoms with van der Waals surface area (Å²) in [5.41, 5.74) is 0.986. The van der Waals surface area contributed by atoms with E-state index in [1.807, 2.05) is 39.0 Å². The fraction of sp³-hybridized carbons (Fsp3) is 0.278. The summed E-state index contributed by atoms with van der Waals surface area (Å²) in [7, 11) is 0. The van der Waals surface area contributed by atoms with Crippen LogP contribution in [0.5, 0.6) is 0 Å². The molecule has 0 aliphatic heterocycles. The lowest BCUT2D eigenvalue weighted by atomic mass is 9.96. The zero-order chi connectivity index (χ0) is 18.9. The Balaban J connectivity index is 1.81. The van der Waals surface area contributed by atoms with Crippen LogP contribution in [0.25, 0.3) is 5.69 Å². The normalized spacial score (nSPS) is 11.4. The van der Waals surface area contributed by atoms with E-state index in [-0.39, 0.29) is 11.2 Å². The van der Waals surface area contributed by atoms with Crippen LogP contribution in [0.15, 0.2) is 36.7 Å². The van der Waals surface area contributed by atoms with Crippen LogP contribution >= 0.6 is 11.6 Å². The standard InChI is InChI=1S/C18H19ClN6O/c1-11-22-15(24-25(11)14-8-6-5-7-13(14)19)16(26)23-12-9-20-17(21-10-12)18(2,3)4/h5-10H,1-4H3,(H,23,26). The van der Waals surface area contributed by atoms with E-state index in [1.165, 1.54) is 4.68 Å². The van der Waals surface area contributed by atoms with Gasteiger partial charge in [0.15, 0.2) is 0 Å². The maximum atomic E-state index is 12.4. The number of halogens is 1. The molecule has 1 N–H and O–H groups in total. The van der Waals surface area contributed by atoms with Gasteiger partial charge in [0, 0.05) is 5.41 Å². The highest BCUT2D eigenvalue weighted by Crippen LogP contribution is 2.21. The van der Waals surface area contributed by atoms with Crippen LogP contribution in [0.3, 0.4) is 0 Å². The number of rotatable bonds is 3. The average Bonchev–Trinajstić information content (AvgIpc) is 2.97. The van der Waals surface area contributed by atoms with Gasteiger partial charge in [-0.25, -0.2) is 19.6 Å². The monoisotopic (exact) mass is 370 g/mol. The molecule has 7 nitrogen and oxygen atoms in total. The minimum Gasteiger partial charge on any atom is -0.317 e. The second-order valence-corrected chi connectivity index (χ2v) is 7.25. The quantitative estimate of drug-likeness (QED) is 0.761. The number of aromatic nitrogens is 5. The van der Waals surface area contributed by atoms with Gasteiger partial charge in [0.2, 0.25) is 5.82 Å². The molecule has 0 spiro atoms. The molecule has 3 rings (SSSR count). The molecule has 0 aliphatic carbocycles. The topological polar surface area (TPSA) is 85.6 Å². The van der Waals surface area contributed by atoms with E-state index in [0.717, 1.165) is 0 Å². The van der Waals surface area contributed by atoms with Crippen LogP contribution in [0, 0.1) is 6.92 Å². The van der Waals surface area contributed by atoms with E-state index in [4.69, 9.17) is 11.6 Å². The minimum absolute atomic E-state index is 0.0438. The van der Waals surface area contributed by atoms with Crippen molar-refractivity contribution in [3.8, 4) is 5.69 Å². The Morgan fingerprint density at radius 1 is 1.15 bits per heavy atom. The molecule has 0 saturated carbocycles. The fourth-order valence-electron chi connectivity index (χ4n) is 2.30. The first-order valence-electron chi connectivity index (χ1n) is 8.08. The van der Waals surface area contributed by atoms with Crippen molar-refractivity contribution in [1.29, 1.82) is 0 Å². The number of nitrogens with zero attached hydrogens (tertiary/aromatic N) is 5. The van der Waals surface area contributed by atoms with Gasteiger partial charge in [0.25, 0.3) is 5.91 Å². The first kappa shape index (κ1) is 18.0. The number of hydrogen-bond acceptors (Lipinski definition) is 5. The van der Waals surface area contributed by atoms with Crippen molar-refractivity contribution in [2.45, 2.75) is 33.1 Å². The molecule has 1 amide bonds. The fourth-order valence-corrected chi connectivity index (χ4v) is 2.52. The number of hydrogen-bond donors (Lipinski definition) is 1. The summed E-state index contributed by atoms with van der Waals surface area (Å²) < 4.78 is 1.54. The van der Waals surface area contributed by atoms with Gasteiger partial charge in [0.1, 0.15) is 11.6 Å². The molecule has 0 aliphatic rings. The third kappa shape index (κ3) is 3.72. The molecule has 26 heavy (non-hydrogen) atoms. The Hall–Kier alpha value is -2.80. The number of para-hydroxylation sites is 1. The Labute approximate surface area is 156 Å². The number of nitrogens with one attached hydrogen (secondary N) is 1. The summed E-state index contributed by atoms with van der Waals surface area (Å²) >= 11 is 6.20. The van der Waals surface area contributed by atoms with E-state index < -0.39 is 5.91 Å². The second kappa shape index (κ2) is 6.84. The third-order valence-electron chi connectivity index (χ3n) is 3.63. The minimum atomic E-state index is -0.439. The summed E-state index contributed by atoms with van der Waals surface area (Å²) in [4.78, 5) is 25.2. The summed E-state index contributed by atoms with van der Waals surface area (Å²) in [5.74, 6) is 0.864. The number of amides is 1. The van der Waals surface area contributed by atoms with Gasteiger partial charge >= 0.3 is 0 Å². The maximum Gasteiger partial charge on any atom is 0.295 e. The number of carbonyl (C=O) groups excluding carboxylic acids is 1. The number of benzene rings is 1. The van der Waals surface area contributed by atoms with E-state index in [2.05, 4.69) is 25.4 Å². The predicted molar refractivity (Wildman–Crippen MR) is 99.8 cm³/mol. The zero-order valence-electron chi connectivity index (χ0n) is 15.0. The molecule has 0 bridgehead atoms. The van der Waals surface area contributed by atoms with Gasteiger partial charge in [-0.15, -0.1) is 5.10 Å². The van der Waals surface area contributed by atoms with Crippen molar-refractivity contribution in [2.75, 3.05) is 5.32 Å². The Morgan fingerprint density at radius 2 is 1.81 bits per heavy atom. The van der Waals surface area contributed by atoms with Crippen molar-refractivity contribution in [2.24, 2.45) is 0 Å². The summed E-state index contributed by atoms with van der Waals surface area (Å²) in [6.45, 7) is 7.83. The molecular weight excluding hydrogens is 352 g/mol. The molecular formula is C18H19ClN6O. The van der Waals surface area contributed by atoms with Crippen LogP contribution in [-0.2, 0) is 5.41 Å². The van der Waals surface area contributed by atoms with Crippen LogP contribution in [0.2, 0.25) is 5.02 Å². The highest BCUT2D eigenvalue weighted by Gasteiger charge is 2.19. The van der Waals surface area contributed by atoms with Crippen molar-refractivity contribution >= 4 is 23.2 Å². The summed E-state index contributed by atoms with van der Waals surface area (Å²) in [6.07, 6.45) is 3.15. The number of anilines is 1. The first-order chi connectivity index (χ1) is 12.3. The lowest BCUT2D eigenvalue weighted by Gasteiger charge is -2.16. The maximum absolute atomic E-state index is 12.4. The lowest BCUT2D eigenvalue weighted by Crippen LogP contribution is -2.18. The van der Waals surface area contributed by atoms with Gasteiger partial charge in [0.05, 0.1) is 28.8 Å².